The summed E-state index contributed by atoms with van der Waals surface area (Å²) in [6.07, 6.45) is 2.35. The number of anilines is 1. The number of amides is 1. The third-order valence-electron chi connectivity index (χ3n) is 4.14. The van der Waals surface area contributed by atoms with Gasteiger partial charge in [0.25, 0.3) is 11.1 Å². The minimum atomic E-state index is -3.60. The molecule has 0 saturated carbocycles. The first-order valence-corrected chi connectivity index (χ1v) is 12.4. The van der Waals surface area contributed by atoms with Crippen LogP contribution in [-0.4, -0.2) is 36.5 Å². The van der Waals surface area contributed by atoms with E-state index in [1.807, 2.05) is 43.3 Å². The van der Waals surface area contributed by atoms with Crippen LogP contribution in [0.3, 0.4) is 0 Å². The molecule has 0 aliphatic rings. The first kappa shape index (κ1) is 23.9. The molecule has 2 aromatic carbocycles. The molecular weight excluding hydrogens is 464 g/mol. The van der Waals surface area contributed by atoms with Crippen LogP contribution in [0.4, 0.5) is 5.13 Å². The molecule has 0 unspecified atom stereocenters. The number of sulfone groups is 1. The molecular formula is C22H20N4O5S2. The van der Waals surface area contributed by atoms with Crippen LogP contribution in [0, 0.1) is 11.3 Å². The maximum absolute atomic E-state index is 12.5. The lowest BCUT2D eigenvalue weighted by Crippen LogP contribution is -2.13. The van der Waals surface area contributed by atoms with E-state index in [2.05, 4.69) is 14.7 Å². The van der Waals surface area contributed by atoms with Gasteiger partial charge in [0.15, 0.2) is 11.5 Å². The largest absolute Gasteiger partial charge is 0.490 e. The normalized spacial score (nSPS) is 11.5. The summed E-state index contributed by atoms with van der Waals surface area (Å²) in [7, 11) is -3.60. The highest BCUT2D eigenvalue weighted by Gasteiger charge is 2.17. The summed E-state index contributed by atoms with van der Waals surface area (Å²) in [4.78, 5) is 16.2. The highest BCUT2D eigenvalue weighted by molar-refractivity contribution is 7.90. The standard InChI is InChI=1S/C22H20N4O5S2/c1-3-30-19-12-16(9-10-18(19)31-14-15-7-5-4-6-8-15)11-17(13-23)20(27)24-21-25-22(26-32-21)33(2,28)29/h4-12H,3,14H2,1-2H3,(H,24,25,26,27)/b17-11-. The molecule has 9 nitrogen and oxygen atoms in total. The van der Waals surface area contributed by atoms with Gasteiger partial charge in [0.2, 0.25) is 15.0 Å². The second-order valence-electron chi connectivity index (χ2n) is 6.69. The fourth-order valence-corrected chi connectivity index (χ4v) is 4.07. The van der Waals surface area contributed by atoms with Gasteiger partial charge in [-0.3, -0.25) is 10.1 Å². The molecule has 3 rings (SSSR count). The van der Waals surface area contributed by atoms with Crippen molar-refractivity contribution < 1.29 is 22.7 Å². The van der Waals surface area contributed by atoms with Crippen molar-refractivity contribution in [2.75, 3.05) is 18.2 Å². The fourth-order valence-electron chi connectivity index (χ4n) is 2.63. The maximum Gasteiger partial charge on any atom is 0.268 e. The number of carbonyl (C=O) groups excluding carboxylic acids is 1. The summed E-state index contributed by atoms with van der Waals surface area (Å²) in [5.41, 5.74) is 1.35. The molecule has 0 fully saturated rings. The van der Waals surface area contributed by atoms with E-state index < -0.39 is 20.9 Å². The van der Waals surface area contributed by atoms with Crippen LogP contribution in [0.5, 0.6) is 11.5 Å². The second kappa shape index (κ2) is 10.7. The summed E-state index contributed by atoms with van der Waals surface area (Å²) < 4.78 is 38.2. The summed E-state index contributed by atoms with van der Waals surface area (Å²) in [6.45, 7) is 2.60. The molecule has 1 heterocycles. The van der Waals surface area contributed by atoms with Crippen molar-refractivity contribution in [2.45, 2.75) is 18.7 Å². The van der Waals surface area contributed by atoms with E-state index in [4.69, 9.17) is 9.47 Å². The van der Waals surface area contributed by atoms with Gasteiger partial charge in [-0.25, -0.2) is 8.42 Å². The Morgan fingerprint density at radius 3 is 2.58 bits per heavy atom. The van der Waals surface area contributed by atoms with Gasteiger partial charge >= 0.3 is 0 Å². The average molecular weight is 485 g/mol. The minimum absolute atomic E-state index is 0.0266. The maximum atomic E-state index is 12.5. The average Bonchev–Trinajstić information content (AvgIpc) is 3.27. The van der Waals surface area contributed by atoms with Gasteiger partial charge < -0.3 is 9.47 Å². The van der Waals surface area contributed by atoms with Gasteiger partial charge in [-0.1, -0.05) is 36.4 Å². The molecule has 0 saturated heterocycles. The number of carbonyl (C=O) groups is 1. The molecule has 1 N–H and O–H groups in total. The van der Waals surface area contributed by atoms with Gasteiger partial charge in [-0.15, -0.1) is 0 Å². The van der Waals surface area contributed by atoms with Crippen LogP contribution in [0.2, 0.25) is 0 Å². The van der Waals surface area contributed by atoms with Crippen molar-refractivity contribution in [1.82, 2.24) is 9.36 Å². The van der Waals surface area contributed by atoms with E-state index in [0.717, 1.165) is 11.8 Å². The van der Waals surface area contributed by atoms with Crippen LogP contribution in [0.25, 0.3) is 6.08 Å². The molecule has 0 aliphatic heterocycles. The van der Waals surface area contributed by atoms with Crippen molar-refractivity contribution >= 4 is 38.5 Å². The number of nitrogens with zero attached hydrogens (tertiary/aromatic N) is 3. The number of ether oxygens (including phenoxy) is 2. The fraction of sp³-hybridized carbons (Fsp3) is 0.182. The van der Waals surface area contributed by atoms with Crippen LogP contribution < -0.4 is 14.8 Å². The highest BCUT2D eigenvalue weighted by Crippen LogP contribution is 2.30. The van der Waals surface area contributed by atoms with Crippen LogP contribution in [0.1, 0.15) is 18.1 Å². The zero-order valence-electron chi connectivity index (χ0n) is 17.8. The molecule has 0 atom stereocenters. The van der Waals surface area contributed by atoms with Gasteiger partial charge in [0.1, 0.15) is 18.2 Å². The van der Waals surface area contributed by atoms with Crippen LogP contribution in [0.15, 0.2) is 59.3 Å². The number of nitrogens with one attached hydrogen (secondary N) is 1. The van der Waals surface area contributed by atoms with Crippen molar-refractivity contribution in [1.29, 1.82) is 5.26 Å². The zero-order chi connectivity index (χ0) is 23.8. The van der Waals surface area contributed by atoms with E-state index in [1.165, 1.54) is 6.08 Å². The van der Waals surface area contributed by atoms with Gasteiger partial charge in [-0.2, -0.15) is 14.6 Å². The first-order valence-electron chi connectivity index (χ1n) is 9.70. The number of rotatable bonds is 9. The van der Waals surface area contributed by atoms with Crippen LogP contribution >= 0.6 is 11.5 Å². The predicted molar refractivity (Wildman–Crippen MR) is 124 cm³/mol. The molecule has 3 aromatic rings. The first-order chi connectivity index (χ1) is 15.8. The van der Waals surface area contributed by atoms with Gasteiger partial charge in [-0.05, 0) is 36.3 Å². The van der Waals surface area contributed by atoms with Crippen LogP contribution in [-0.2, 0) is 21.2 Å². The van der Waals surface area contributed by atoms with E-state index in [0.29, 0.717) is 41.8 Å². The lowest BCUT2D eigenvalue weighted by Gasteiger charge is -2.13. The molecule has 0 radical (unpaired) electrons. The monoisotopic (exact) mass is 484 g/mol. The topological polar surface area (TPSA) is 131 Å². The van der Waals surface area contributed by atoms with E-state index >= 15 is 0 Å². The van der Waals surface area contributed by atoms with Crippen molar-refractivity contribution in [3.05, 3.63) is 65.2 Å². The third-order valence-corrected chi connectivity index (χ3v) is 5.73. The smallest absolute Gasteiger partial charge is 0.268 e. The number of aromatic nitrogens is 2. The molecule has 0 bridgehead atoms. The summed E-state index contributed by atoms with van der Waals surface area (Å²) >= 11 is 0.708. The summed E-state index contributed by atoms with van der Waals surface area (Å²) in [5, 5.41) is 11.4. The Labute approximate surface area is 195 Å². The minimum Gasteiger partial charge on any atom is -0.490 e. The zero-order valence-corrected chi connectivity index (χ0v) is 19.4. The Morgan fingerprint density at radius 2 is 1.94 bits per heavy atom. The Balaban J connectivity index is 1.77. The molecule has 1 amide bonds. The second-order valence-corrected chi connectivity index (χ2v) is 9.35. The predicted octanol–water partition coefficient (Wildman–Crippen LogP) is 3.46. The van der Waals surface area contributed by atoms with Crippen molar-refractivity contribution in [3.8, 4) is 17.6 Å². The molecule has 170 valence electrons. The Kier molecular flexibility index (Phi) is 7.76. The quantitative estimate of drug-likeness (QED) is 0.361. The molecule has 33 heavy (non-hydrogen) atoms. The van der Waals surface area contributed by atoms with E-state index in [-0.39, 0.29) is 10.7 Å². The van der Waals surface area contributed by atoms with Gasteiger partial charge in [0, 0.05) is 17.8 Å². The number of hydrogen-bond donors (Lipinski definition) is 1. The lowest BCUT2D eigenvalue weighted by molar-refractivity contribution is -0.112. The molecule has 11 heteroatoms. The lowest BCUT2D eigenvalue weighted by atomic mass is 10.1. The molecule has 1 aromatic heterocycles. The third kappa shape index (κ3) is 6.61. The van der Waals surface area contributed by atoms with E-state index in [1.54, 1.807) is 18.2 Å². The Hall–Kier alpha value is -3.75. The summed E-state index contributed by atoms with van der Waals surface area (Å²) in [5.74, 6) is 0.265. The number of nitriles is 1. The molecule has 0 aliphatic carbocycles. The SMILES string of the molecule is CCOc1cc(/C=C(/C#N)C(=O)Nc2nc(S(C)(=O)=O)ns2)ccc1OCc1ccccc1. The number of benzene rings is 2. The van der Waals surface area contributed by atoms with Crippen molar-refractivity contribution in [2.24, 2.45) is 0 Å². The van der Waals surface area contributed by atoms with Crippen molar-refractivity contribution in [3.63, 3.8) is 0 Å². The number of hydrogen-bond acceptors (Lipinski definition) is 9. The molecule has 0 spiro atoms. The van der Waals surface area contributed by atoms with E-state index in [9.17, 15) is 18.5 Å². The highest BCUT2D eigenvalue weighted by atomic mass is 32.2. The summed E-state index contributed by atoms with van der Waals surface area (Å²) in [6, 6.07) is 16.6. The Morgan fingerprint density at radius 1 is 1.18 bits per heavy atom. The van der Waals surface area contributed by atoms with Gasteiger partial charge in [0.05, 0.1) is 6.61 Å². The Bertz CT molecular complexity index is 1310.